The lowest BCUT2D eigenvalue weighted by Crippen LogP contribution is -2.00. The summed E-state index contributed by atoms with van der Waals surface area (Å²) in [6, 6.07) is 10.1. The molecule has 7 heteroatoms. The van der Waals surface area contributed by atoms with Gasteiger partial charge in [0, 0.05) is 11.2 Å². The summed E-state index contributed by atoms with van der Waals surface area (Å²) in [6.45, 7) is 0.126. The van der Waals surface area contributed by atoms with E-state index in [-0.39, 0.29) is 17.8 Å². The van der Waals surface area contributed by atoms with Gasteiger partial charge in [0.25, 0.3) is 0 Å². The van der Waals surface area contributed by atoms with E-state index in [1.165, 1.54) is 10.6 Å². The lowest BCUT2D eigenvalue weighted by atomic mass is 10.3. The lowest BCUT2D eigenvalue weighted by molar-refractivity contribution is 0.0698. The SMILES string of the molecule is O=C(O)c1cccn2nc(COc3cccc(Cl)c3)nc12. The Kier molecular flexibility index (Phi) is 3.45. The Morgan fingerprint density at radius 3 is 2.95 bits per heavy atom. The summed E-state index contributed by atoms with van der Waals surface area (Å²) in [7, 11) is 0. The molecule has 21 heavy (non-hydrogen) atoms. The van der Waals surface area contributed by atoms with Gasteiger partial charge < -0.3 is 9.84 Å². The molecule has 0 aliphatic heterocycles. The van der Waals surface area contributed by atoms with Crippen molar-refractivity contribution in [3.8, 4) is 5.75 Å². The maximum absolute atomic E-state index is 11.1. The summed E-state index contributed by atoms with van der Waals surface area (Å²) in [5, 5.41) is 13.9. The predicted octanol–water partition coefficient (Wildman–Crippen LogP) is 2.66. The van der Waals surface area contributed by atoms with Gasteiger partial charge >= 0.3 is 5.97 Å². The van der Waals surface area contributed by atoms with E-state index < -0.39 is 5.97 Å². The van der Waals surface area contributed by atoms with Crippen LogP contribution < -0.4 is 4.74 Å². The third-order valence-electron chi connectivity index (χ3n) is 2.80. The molecule has 0 atom stereocenters. The van der Waals surface area contributed by atoms with Crippen LogP contribution in [0.3, 0.4) is 0 Å². The number of rotatable bonds is 4. The van der Waals surface area contributed by atoms with Crippen molar-refractivity contribution >= 4 is 23.2 Å². The molecule has 3 rings (SSSR count). The van der Waals surface area contributed by atoms with Crippen LogP contribution in [0.1, 0.15) is 16.2 Å². The van der Waals surface area contributed by atoms with Crippen LogP contribution in [0, 0.1) is 0 Å². The zero-order valence-corrected chi connectivity index (χ0v) is 11.5. The van der Waals surface area contributed by atoms with E-state index in [9.17, 15) is 4.79 Å². The topological polar surface area (TPSA) is 76.7 Å². The Morgan fingerprint density at radius 2 is 2.19 bits per heavy atom. The minimum absolute atomic E-state index is 0.0963. The van der Waals surface area contributed by atoms with E-state index in [0.717, 1.165) is 0 Å². The molecule has 0 saturated heterocycles. The molecule has 1 aromatic carbocycles. The summed E-state index contributed by atoms with van der Waals surface area (Å²) in [6.07, 6.45) is 1.64. The minimum Gasteiger partial charge on any atom is -0.485 e. The molecule has 6 nitrogen and oxygen atoms in total. The maximum atomic E-state index is 11.1. The standard InChI is InChI=1S/C14H10ClN3O3/c15-9-3-1-4-10(7-9)21-8-12-16-13-11(14(19)20)5-2-6-18(13)17-12/h1-7H,8H2,(H,19,20). The van der Waals surface area contributed by atoms with Gasteiger partial charge in [-0.05, 0) is 30.3 Å². The van der Waals surface area contributed by atoms with Crippen molar-refractivity contribution in [2.45, 2.75) is 6.61 Å². The quantitative estimate of drug-likeness (QED) is 0.802. The number of ether oxygens (including phenoxy) is 1. The Hall–Kier alpha value is -2.60. The van der Waals surface area contributed by atoms with Gasteiger partial charge in [0.1, 0.15) is 17.9 Å². The number of hydrogen-bond acceptors (Lipinski definition) is 4. The summed E-state index contributed by atoms with van der Waals surface area (Å²) in [5.74, 6) is -0.0567. The highest BCUT2D eigenvalue weighted by atomic mass is 35.5. The highest BCUT2D eigenvalue weighted by molar-refractivity contribution is 6.30. The summed E-state index contributed by atoms with van der Waals surface area (Å²) in [4.78, 5) is 15.3. The number of fused-ring (bicyclic) bond motifs is 1. The molecular formula is C14H10ClN3O3. The molecule has 2 heterocycles. The molecular weight excluding hydrogens is 294 g/mol. The number of carbonyl (C=O) groups is 1. The monoisotopic (exact) mass is 303 g/mol. The normalized spacial score (nSPS) is 10.7. The molecule has 3 aromatic rings. The van der Waals surface area contributed by atoms with Crippen LogP contribution in [-0.4, -0.2) is 25.7 Å². The van der Waals surface area contributed by atoms with Gasteiger partial charge in [0.15, 0.2) is 11.5 Å². The number of hydrogen-bond donors (Lipinski definition) is 1. The first kappa shape index (κ1) is 13.4. The van der Waals surface area contributed by atoms with E-state index in [1.54, 1.807) is 36.5 Å². The number of nitrogens with zero attached hydrogens (tertiary/aromatic N) is 3. The Balaban J connectivity index is 1.85. The average molecular weight is 304 g/mol. The molecule has 0 spiro atoms. The van der Waals surface area contributed by atoms with Gasteiger partial charge in [-0.3, -0.25) is 0 Å². The zero-order valence-electron chi connectivity index (χ0n) is 10.7. The maximum Gasteiger partial charge on any atom is 0.339 e. The number of aromatic carboxylic acids is 1. The Morgan fingerprint density at radius 1 is 1.33 bits per heavy atom. The minimum atomic E-state index is -1.05. The highest BCUT2D eigenvalue weighted by Crippen LogP contribution is 2.18. The van der Waals surface area contributed by atoms with Gasteiger partial charge in [-0.15, -0.1) is 5.10 Å². The molecule has 106 valence electrons. The molecule has 0 saturated carbocycles. The van der Waals surface area contributed by atoms with Crippen molar-refractivity contribution in [3.05, 3.63) is 59.0 Å². The fraction of sp³-hybridized carbons (Fsp3) is 0.0714. The molecule has 0 fully saturated rings. The van der Waals surface area contributed by atoms with Crippen molar-refractivity contribution in [2.24, 2.45) is 0 Å². The fourth-order valence-corrected chi connectivity index (χ4v) is 2.06. The third-order valence-corrected chi connectivity index (χ3v) is 3.04. The van der Waals surface area contributed by atoms with Crippen molar-refractivity contribution in [3.63, 3.8) is 0 Å². The van der Waals surface area contributed by atoms with E-state index >= 15 is 0 Å². The largest absolute Gasteiger partial charge is 0.485 e. The average Bonchev–Trinajstić information content (AvgIpc) is 2.87. The first-order chi connectivity index (χ1) is 10.1. The van der Waals surface area contributed by atoms with Gasteiger partial charge in [0.05, 0.1) is 0 Å². The van der Waals surface area contributed by atoms with Crippen molar-refractivity contribution in [1.82, 2.24) is 14.6 Å². The van der Waals surface area contributed by atoms with E-state index in [4.69, 9.17) is 21.4 Å². The summed E-state index contributed by atoms with van der Waals surface area (Å²) < 4.78 is 6.95. The van der Waals surface area contributed by atoms with Crippen LogP contribution in [0.4, 0.5) is 0 Å². The second-order valence-corrected chi connectivity index (χ2v) is 4.71. The second-order valence-electron chi connectivity index (χ2n) is 4.27. The van der Waals surface area contributed by atoms with Crippen molar-refractivity contribution in [1.29, 1.82) is 0 Å². The van der Waals surface area contributed by atoms with Crippen LogP contribution in [0.5, 0.6) is 5.75 Å². The number of halogens is 1. The smallest absolute Gasteiger partial charge is 0.339 e. The molecule has 1 N–H and O–H groups in total. The molecule has 2 aromatic heterocycles. The van der Waals surface area contributed by atoms with Gasteiger partial charge in [0.2, 0.25) is 0 Å². The molecule has 0 aliphatic rings. The summed E-state index contributed by atoms with van der Waals surface area (Å²) in [5.41, 5.74) is 0.383. The summed E-state index contributed by atoms with van der Waals surface area (Å²) >= 11 is 5.87. The predicted molar refractivity (Wildman–Crippen MR) is 75.7 cm³/mol. The van der Waals surface area contributed by atoms with Gasteiger partial charge in [-0.2, -0.15) is 0 Å². The molecule has 0 unspecified atom stereocenters. The molecule has 0 aliphatic carbocycles. The molecule has 0 bridgehead atoms. The molecule has 0 radical (unpaired) electrons. The number of benzene rings is 1. The van der Waals surface area contributed by atoms with Gasteiger partial charge in [-0.25, -0.2) is 14.3 Å². The third kappa shape index (κ3) is 2.80. The second kappa shape index (κ2) is 5.41. The first-order valence-electron chi connectivity index (χ1n) is 6.09. The van der Waals surface area contributed by atoms with Crippen molar-refractivity contribution < 1.29 is 14.6 Å². The zero-order chi connectivity index (χ0) is 14.8. The molecule has 0 amide bonds. The van der Waals surface area contributed by atoms with E-state index in [2.05, 4.69) is 10.1 Å². The fourth-order valence-electron chi connectivity index (χ4n) is 1.88. The van der Waals surface area contributed by atoms with Crippen molar-refractivity contribution in [2.75, 3.05) is 0 Å². The number of aromatic nitrogens is 3. The van der Waals surface area contributed by atoms with Crippen LogP contribution in [0.2, 0.25) is 5.02 Å². The first-order valence-corrected chi connectivity index (χ1v) is 6.47. The highest BCUT2D eigenvalue weighted by Gasteiger charge is 2.13. The lowest BCUT2D eigenvalue weighted by Gasteiger charge is -2.02. The Labute approximate surface area is 124 Å². The van der Waals surface area contributed by atoms with E-state index in [1.807, 2.05) is 0 Å². The van der Waals surface area contributed by atoms with Crippen LogP contribution in [-0.2, 0) is 6.61 Å². The van der Waals surface area contributed by atoms with E-state index in [0.29, 0.717) is 16.6 Å². The van der Waals surface area contributed by atoms with Crippen LogP contribution in [0.15, 0.2) is 42.6 Å². The van der Waals surface area contributed by atoms with Crippen LogP contribution in [0.25, 0.3) is 5.65 Å². The number of carboxylic acids is 1. The Bertz CT molecular complexity index is 816. The number of carboxylic acid groups (broad SMARTS) is 1. The number of pyridine rings is 1. The van der Waals surface area contributed by atoms with Crippen LogP contribution >= 0.6 is 11.6 Å². The van der Waals surface area contributed by atoms with Gasteiger partial charge in [-0.1, -0.05) is 17.7 Å².